The van der Waals surface area contributed by atoms with Crippen molar-refractivity contribution in [3.8, 4) is 11.5 Å². The molecule has 1 heterocycles. The number of carbonyl (C=O) groups excluding carboxylic acids is 1. The number of rotatable bonds is 8. The second-order valence-electron chi connectivity index (χ2n) is 7.20. The molecular weight excluding hydrogens is 332 g/mol. The van der Waals surface area contributed by atoms with Crippen LogP contribution in [-0.2, 0) is 14.9 Å². The van der Waals surface area contributed by atoms with E-state index >= 15 is 0 Å². The summed E-state index contributed by atoms with van der Waals surface area (Å²) in [5, 5.41) is 0. The van der Waals surface area contributed by atoms with Crippen molar-refractivity contribution in [2.45, 2.75) is 44.6 Å². The van der Waals surface area contributed by atoms with Crippen LogP contribution in [0.5, 0.6) is 11.5 Å². The molecule has 6 nitrogen and oxygen atoms in total. The molecule has 6 heteroatoms. The second kappa shape index (κ2) is 9.24. The van der Waals surface area contributed by atoms with Crippen molar-refractivity contribution in [2.75, 3.05) is 40.5 Å². The summed E-state index contributed by atoms with van der Waals surface area (Å²) in [7, 11) is 3.21. The first-order valence-electron chi connectivity index (χ1n) is 9.27. The van der Waals surface area contributed by atoms with Crippen molar-refractivity contribution in [3.63, 3.8) is 0 Å². The Morgan fingerprint density at radius 2 is 1.85 bits per heavy atom. The van der Waals surface area contributed by atoms with Gasteiger partial charge in [0.25, 0.3) is 0 Å². The first-order chi connectivity index (χ1) is 12.4. The average Bonchev–Trinajstić information content (AvgIpc) is 2.67. The average molecular weight is 364 g/mol. The maximum Gasteiger partial charge on any atom is 0.232 e. The number of methoxy groups -OCH3 is 2. The van der Waals surface area contributed by atoms with Crippen LogP contribution in [-0.4, -0.2) is 57.4 Å². The first-order valence-corrected chi connectivity index (χ1v) is 9.27. The minimum absolute atomic E-state index is 0.130. The maximum atomic E-state index is 13.1. The summed E-state index contributed by atoms with van der Waals surface area (Å²) in [6, 6.07) is 5.67. The molecule has 0 bridgehead atoms. The van der Waals surface area contributed by atoms with Gasteiger partial charge in [0.1, 0.15) is 0 Å². The minimum atomic E-state index is -0.632. The third-order valence-electron chi connectivity index (χ3n) is 5.07. The van der Waals surface area contributed by atoms with Crippen LogP contribution in [0.15, 0.2) is 18.2 Å². The van der Waals surface area contributed by atoms with Crippen molar-refractivity contribution in [1.29, 1.82) is 0 Å². The predicted molar refractivity (Wildman–Crippen MR) is 102 cm³/mol. The molecule has 2 N–H and O–H groups in total. The molecule has 0 saturated carbocycles. The van der Waals surface area contributed by atoms with E-state index in [-0.39, 0.29) is 12.0 Å². The van der Waals surface area contributed by atoms with Gasteiger partial charge >= 0.3 is 0 Å². The fourth-order valence-corrected chi connectivity index (χ4v) is 3.30. The number of piperidine rings is 1. The lowest BCUT2D eigenvalue weighted by Gasteiger charge is -2.37. The molecule has 0 unspecified atom stereocenters. The molecule has 0 radical (unpaired) electrons. The summed E-state index contributed by atoms with van der Waals surface area (Å²) in [5.74, 6) is 1.43. The predicted octanol–water partition coefficient (Wildman–Crippen LogP) is 2.34. The van der Waals surface area contributed by atoms with Crippen molar-refractivity contribution >= 4 is 5.91 Å². The second-order valence-corrected chi connectivity index (χ2v) is 7.20. The van der Waals surface area contributed by atoms with Crippen LogP contribution < -0.4 is 15.2 Å². The zero-order chi connectivity index (χ0) is 19.2. The number of hydrogen-bond donors (Lipinski definition) is 1. The van der Waals surface area contributed by atoms with Gasteiger partial charge in [-0.25, -0.2) is 0 Å². The molecule has 1 aliphatic heterocycles. The van der Waals surface area contributed by atoms with Gasteiger partial charge in [-0.3, -0.25) is 4.79 Å². The Morgan fingerprint density at radius 1 is 1.19 bits per heavy atom. The van der Waals surface area contributed by atoms with Gasteiger partial charge in [0, 0.05) is 19.7 Å². The van der Waals surface area contributed by atoms with Crippen LogP contribution in [0.2, 0.25) is 0 Å². The monoisotopic (exact) mass is 364 g/mol. The number of hydrogen-bond acceptors (Lipinski definition) is 5. The van der Waals surface area contributed by atoms with Gasteiger partial charge in [-0.2, -0.15) is 0 Å². The van der Waals surface area contributed by atoms with Crippen molar-refractivity contribution in [2.24, 2.45) is 5.73 Å². The van der Waals surface area contributed by atoms with Crippen molar-refractivity contribution in [1.82, 2.24) is 4.90 Å². The Hall–Kier alpha value is -1.79. The highest BCUT2D eigenvalue weighted by Gasteiger charge is 2.36. The number of ether oxygens (including phenoxy) is 3. The van der Waals surface area contributed by atoms with E-state index in [1.807, 2.05) is 36.9 Å². The summed E-state index contributed by atoms with van der Waals surface area (Å²) in [6.07, 6.45) is 2.86. The summed E-state index contributed by atoms with van der Waals surface area (Å²) in [5.41, 5.74) is 5.78. The Balaban J connectivity index is 2.02. The smallest absolute Gasteiger partial charge is 0.232 e. The van der Waals surface area contributed by atoms with Gasteiger partial charge in [-0.05, 0) is 57.4 Å². The van der Waals surface area contributed by atoms with E-state index in [0.717, 1.165) is 37.9 Å². The third kappa shape index (κ3) is 4.68. The number of amides is 1. The Morgan fingerprint density at radius 3 is 2.42 bits per heavy atom. The normalized spacial score (nSPS) is 15.8. The lowest BCUT2D eigenvalue weighted by Crippen LogP contribution is -2.48. The minimum Gasteiger partial charge on any atom is -0.493 e. The van der Waals surface area contributed by atoms with Gasteiger partial charge in [0.05, 0.1) is 25.7 Å². The highest BCUT2D eigenvalue weighted by atomic mass is 16.5. The van der Waals surface area contributed by atoms with Crippen LogP contribution in [0.1, 0.15) is 38.7 Å². The lowest BCUT2D eigenvalue weighted by molar-refractivity contribution is -0.139. The van der Waals surface area contributed by atoms with Crippen LogP contribution in [0.3, 0.4) is 0 Å². The van der Waals surface area contributed by atoms with E-state index in [9.17, 15) is 4.79 Å². The van der Waals surface area contributed by atoms with Gasteiger partial charge in [0.15, 0.2) is 11.5 Å². The molecule has 1 aromatic carbocycles. The zero-order valence-corrected chi connectivity index (χ0v) is 16.4. The zero-order valence-electron chi connectivity index (χ0n) is 16.4. The van der Waals surface area contributed by atoms with Gasteiger partial charge in [0.2, 0.25) is 5.91 Å². The SMILES string of the molecule is COc1ccc(C(C)(C)C(=O)N2CCC(OCCCN)CC2)cc1OC. The molecule has 0 aliphatic carbocycles. The summed E-state index contributed by atoms with van der Waals surface area (Å²) in [6.45, 7) is 6.72. The Kier molecular flexibility index (Phi) is 7.29. The van der Waals surface area contributed by atoms with E-state index in [2.05, 4.69) is 0 Å². The van der Waals surface area contributed by atoms with Crippen LogP contribution >= 0.6 is 0 Å². The van der Waals surface area contributed by atoms with Crippen LogP contribution in [0, 0.1) is 0 Å². The van der Waals surface area contributed by atoms with Gasteiger partial charge in [-0.1, -0.05) is 6.07 Å². The molecule has 26 heavy (non-hydrogen) atoms. The third-order valence-corrected chi connectivity index (χ3v) is 5.07. The van der Waals surface area contributed by atoms with Crippen LogP contribution in [0.25, 0.3) is 0 Å². The largest absolute Gasteiger partial charge is 0.493 e. The molecule has 1 aromatic rings. The van der Waals surface area contributed by atoms with Crippen LogP contribution in [0.4, 0.5) is 0 Å². The number of nitrogens with zero attached hydrogens (tertiary/aromatic N) is 1. The molecule has 1 saturated heterocycles. The highest BCUT2D eigenvalue weighted by Crippen LogP contribution is 2.34. The molecule has 1 amide bonds. The summed E-state index contributed by atoms with van der Waals surface area (Å²) in [4.78, 5) is 15.1. The fourth-order valence-electron chi connectivity index (χ4n) is 3.30. The highest BCUT2D eigenvalue weighted by molar-refractivity contribution is 5.87. The van der Waals surface area contributed by atoms with E-state index in [1.165, 1.54) is 0 Å². The first kappa shape index (κ1) is 20.5. The standard InChI is InChI=1S/C20H32N2O4/c1-20(2,15-6-7-17(24-3)18(14-15)25-4)19(23)22-11-8-16(9-12-22)26-13-5-10-21/h6-7,14,16H,5,8-13,21H2,1-4H3. The lowest BCUT2D eigenvalue weighted by atomic mass is 9.82. The maximum absolute atomic E-state index is 13.1. The quantitative estimate of drug-likeness (QED) is 0.717. The molecule has 2 rings (SSSR count). The molecule has 0 spiro atoms. The molecule has 0 aromatic heterocycles. The molecule has 1 aliphatic rings. The topological polar surface area (TPSA) is 74.0 Å². The van der Waals surface area contributed by atoms with Crippen molar-refractivity contribution < 1.29 is 19.0 Å². The molecule has 0 atom stereocenters. The Labute approximate surface area is 156 Å². The van der Waals surface area contributed by atoms with Crippen molar-refractivity contribution in [3.05, 3.63) is 23.8 Å². The number of carbonyl (C=O) groups is 1. The molecular formula is C20H32N2O4. The van der Waals surface area contributed by atoms with E-state index < -0.39 is 5.41 Å². The van der Waals surface area contributed by atoms with Gasteiger partial charge < -0.3 is 24.8 Å². The van der Waals surface area contributed by atoms with E-state index in [4.69, 9.17) is 19.9 Å². The van der Waals surface area contributed by atoms with E-state index in [1.54, 1.807) is 14.2 Å². The summed E-state index contributed by atoms with van der Waals surface area (Å²) < 4.78 is 16.5. The van der Waals surface area contributed by atoms with E-state index in [0.29, 0.717) is 24.7 Å². The van der Waals surface area contributed by atoms with Gasteiger partial charge in [-0.15, -0.1) is 0 Å². The summed E-state index contributed by atoms with van der Waals surface area (Å²) >= 11 is 0. The molecule has 1 fully saturated rings. The number of benzene rings is 1. The Bertz CT molecular complexity index is 595. The number of likely N-dealkylation sites (tertiary alicyclic amines) is 1. The fraction of sp³-hybridized carbons (Fsp3) is 0.650. The number of nitrogens with two attached hydrogens (primary N) is 1. The molecule has 146 valence electrons.